The molecule has 1 aromatic carbocycles. The van der Waals surface area contributed by atoms with Gasteiger partial charge in [0.1, 0.15) is 17.3 Å². The molecule has 0 fully saturated rings. The Morgan fingerprint density at radius 1 is 1.26 bits per heavy atom. The van der Waals surface area contributed by atoms with Crippen LogP contribution in [0.5, 0.6) is 0 Å². The topological polar surface area (TPSA) is 37.8 Å². The molecule has 0 amide bonds. The van der Waals surface area contributed by atoms with Crippen LogP contribution in [0, 0.1) is 10.5 Å². The highest BCUT2D eigenvalue weighted by atomic mass is 127. The zero-order valence-corrected chi connectivity index (χ0v) is 14.0. The van der Waals surface area contributed by atoms with Gasteiger partial charge in [0.15, 0.2) is 0 Å². The summed E-state index contributed by atoms with van der Waals surface area (Å²) < 4.78 is 1.18. The molecule has 1 heterocycles. The molecule has 3 nitrogen and oxygen atoms in total. The van der Waals surface area contributed by atoms with Crippen LogP contribution in [0.15, 0.2) is 24.5 Å². The van der Waals surface area contributed by atoms with E-state index in [-0.39, 0.29) is 5.92 Å². The Hall–Kier alpha value is -0.880. The Morgan fingerprint density at radius 2 is 2.00 bits per heavy atom. The Labute approximate surface area is 132 Å². The smallest absolute Gasteiger partial charge is 0.138 e. The molecule has 2 aromatic rings. The van der Waals surface area contributed by atoms with Crippen LogP contribution in [-0.2, 0) is 0 Å². The standard InChI is InChI=1S/C14H15ClIN3/c1-8(2)12-13(15)17-7-18-14(12)19-11-6-10(16)5-4-9(11)3/h4-8H,1-3H3,(H,17,18,19). The Morgan fingerprint density at radius 3 is 2.68 bits per heavy atom. The molecule has 0 unspecified atom stereocenters. The molecule has 0 aliphatic carbocycles. The highest BCUT2D eigenvalue weighted by molar-refractivity contribution is 14.1. The van der Waals surface area contributed by atoms with E-state index < -0.39 is 0 Å². The molecule has 5 heteroatoms. The van der Waals surface area contributed by atoms with E-state index in [1.54, 1.807) is 0 Å². The molecule has 0 spiro atoms. The second kappa shape index (κ2) is 6.05. The summed E-state index contributed by atoms with van der Waals surface area (Å²) in [6.07, 6.45) is 1.49. The van der Waals surface area contributed by atoms with Crippen LogP contribution >= 0.6 is 34.2 Å². The van der Waals surface area contributed by atoms with Crippen molar-refractivity contribution in [3.05, 3.63) is 44.4 Å². The summed E-state index contributed by atoms with van der Waals surface area (Å²) in [6.45, 7) is 6.23. The average Bonchev–Trinajstić information content (AvgIpc) is 2.33. The maximum absolute atomic E-state index is 6.17. The van der Waals surface area contributed by atoms with E-state index in [0.29, 0.717) is 5.15 Å². The van der Waals surface area contributed by atoms with Crippen molar-refractivity contribution in [3.8, 4) is 0 Å². The number of halogens is 2. The number of aryl methyl sites for hydroxylation is 1. The Balaban J connectivity index is 2.44. The van der Waals surface area contributed by atoms with Crippen molar-refractivity contribution in [2.75, 3.05) is 5.32 Å². The van der Waals surface area contributed by atoms with Gasteiger partial charge < -0.3 is 5.32 Å². The summed E-state index contributed by atoms with van der Waals surface area (Å²) in [4.78, 5) is 8.37. The first-order chi connectivity index (χ1) is 8.99. The van der Waals surface area contributed by atoms with E-state index in [4.69, 9.17) is 11.6 Å². The van der Waals surface area contributed by atoms with Crippen LogP contribution in [0.4, 0.5) is 11.5 Å². The Bertz CT molecular complexity index is 599. The zero-order valence-electron chi connectivity index (χ0n) is 11.0. The normalized spacial score (nSPS) is 10.8. The molecule has 1 N–H and O–H groups in total. The van der Waals surface area contributed by atoms with E-state index in [0.717, 1.165) is 17.1 Å². The third-order valence-electron chi connectivity index (χ3n) is 2.87. The summed E-state index contributed by atoms with van der Waals surface area (Å²) in [5, 5.41) is 3.87. The van der Waals surface area contributed by atoms with Crippen LogP contribution in [0.25, 0.3) is 0 Å². The molecule has 0 bridgehead atoms. The summed E-state index contributed by atoms with van der Waals surface area (Å²) in [5.74, 6) is 1.04. The van der Waals surface area contributed by atoms with E-state index in [1.165, 1.54) is 15.5 Å². The molecule has 0 aliphatic heterocycles. The maximum atomic E-state index is 6.17. The summed E-state index contributed by atoms with van der Waals surface area (Å²) in [5.41, 5.74) is 3.16. The predicted molar refractivity (Wildman–Crippen MR) is 88.3 cm³/mol. The lowest BCUT2D eigenvalue weighted by Gasteiger charge is -2.15. The first-order valence-electron chi connectivity index (χ1n) is 6.02. The lowest BCUT2D eigenvalue weighted by molar-refractivity contribution is 0.850. The van der Waals surface area contributed by atoms with Gasteiger partial charge in [-0.3, -0.25) is 0 Å². The minimum atomic E-state index is 0.263. The van der Waals surface area contributed by atoms with Crippen molar-refractivity contribution in [1.29, 1.82) is 0 Å². The van der Waals surface area contributed by atoms with Crippen molar-refractivity contribution in [3.63, 3.8) is 0 Å². The first kappa shape index (κ1) is 14.5. The van der Waals surface area contributed by atoms with Crippen LogP contribution in [0.2, 0.25) is 5.15 Å². The minimum absolute atomic E-state index is 0.263. The van der Waals surface area contributed by atoms with Gasteiger partial charge in [0.2, 0.25) is 0 Å². The SMILES string of the molecule is Cc1ccc(I)cc1Nc1ncnc(Cl)c1C(C)C. The summed E-state index contributed by atoms with van der Waals surface area (Å²) in [6, 6.07) is 6.26. The van der Waals surface area contributed by atoms with Gasteiger partial charge in [0.05, 0.1) is 0 Å². The van der Waals surface area contributed by atoms with Crippen molar-refractivity contribution >= 4 is 45.7 Å². The molecule has 0 aliphatic rings. The number of rotatable bonds is 3. The fourth-order valence-electron chi connectivity index (χ4n) is 1.84. The molecule has 2 rings (SSSR count). The van der Waals surface area contributed by atoms with E-state index in [2.05, 4.69) is 76.8 Å². The molecule has 0 radical (unpaired) electrons. The number of nitrogens with one attached hydrogen (secondary N) is 1. The number of nitrogens with zero attached hydrogens (tertiary/aromatic N) is 2. The molecule has 1 aromatic heterocycles. The van der Waals surface area contributed by atoms with Crippen molar-refractivity contribution in [2.45, 2.75) is 26.7 Å². The van der Waals surface area contributed by atoms with E-state index in [9.17, 15) is 0 Å². The lowest BCUT2D eigenvalue weighted by Crippen LogP contribution is -2.04. The van der Waals surface area contributed by atoms with E-state index in [1.807, 2.05) is 0 Å². The van der Waals surface area contributed by atoms with Gasteiger partial charge >= 0.3 is 0 Å². The van der Waals surface area contributed by atoms with Gasteiger partial charge in [0.25, 0.3) is 0 Å². The van der Waals surface area contributed by atoms with Crippen molar-refractivity contribution in [2.24, 2.45) is 0 Å². The van der Waals surface area contributed by atoms with Gasteiger partial charge in [-0.25, -0.2) is 9.97 Å². The second-order valence-corrected chi connectivity index (χ2v) is 6.27. The van der Waals surface area contributed by atoms with Crippen LogP contribution in [0.3, 0.4) is 0 Å². The fourth-order valence-corrected chi connectivity index (χ4v) is 2.68. The van der Waals surface area contributed by atoms with Crippen LogP contribution < -0.4 is 5.32 Å². The highest BCUT2D eigenvalue weighted by Crippen LogP contribution is 2.31. The number of anilines is 2. The fraction of sp³-hybridized carbons (Fsp3) is 0.286. The Kier molecular flexibility index (Phi) is 4.62. The molecule has 0 saturated carbocycles. The molecule has 100 valence electrons. The van der Waals surface area contributed by atoms with Gasteiger partial charge in [-0.1, -0.05) is 31.5 Å². The summed E-state index contributed by atoms with van der Waals surface area (Å²) in [7, 11) is 0. The lowest BCUT2D eigenvalue weighted by atomic mass is 10.1. The van der Waals surface area contributed by atoms with Gasteiger partial charge in [-0.2, -0.15) is 0 Å². The van der Waals surface area contributed by atoms with Crippen LogP contribution in [0.1, 0.15) is 30.9 Å². The molecule has 0 saturated heterocycles. The van der Waals surface area contributed by atoms with Gasteiger partial charge in [-0.15, -0.1) is 0 Å². The minimum Gasteiger partial charge on any atom is -0.340 e. The molecule has 19 heavy (non-hydrogen) atoms. The number of benzene rings is 1. The summed E-state index contributed by atoms with van der Waals surface area (Å²) >= 11 is 8.46. The predicted octanol–water partition coefficient (Wildman–Crippen LogP) is 4.91. The first-order valence-corrected chi connectivity index (χ1v) is 7.48. The van der Waals surface area contributed by atoms with Crippen molar-refractivity contribution < 1.29 is 0 Å². The average molecular weight is 388 g/mol. The van der Waals surface area contributed by atoms with Gasteiger partial charge in [0, 0.05) is 14.8 Å². The largest absolute Gasteiger partial charge is 0.340 e. The third-order valence-corrected chi connectivity index (χ3v) is 3.84. The van der Waals surface area contributed by atoms with Crippen LogP contribution in [-0.4, -0.2) is 9.97 Å². The van der Waals surface area contributed by atoms with Crippen molar-refractivity contribution in [1.82, 2.24) is 9.97 Å². The van der Waals surface area contributed by atoms with E-state index >= 15 is 0 Å². The zero-order chi connectivity index (χ0) is 14.0. The number of aromatic nitrogens is 2. The quantitative estimate of drug-likeness (QED) is 0.600. The monoisotopic (exact) mass is 387 g/mol. The molecule has 0 atom stereocenters. The molecular weight excluding hydrogens is 373 g/mol. The van der Waals surface area contributed by atoms with Gasteiger partial charge in [-0.05, 0) is 53.1 Å². The molecular formula is C14H15ClIN3. The number of hydrogen-bond acceptors (Lipinski definition) is 3. The maximum Gasteiger partial charge on any atom is 0.138 e. The highest BCUT2D eigenvalue weighted by Gasteiger charge is 2.14. The third kappa shape index (κ3) is 3.36. The number of hydrogen-bond donors (Lipinski definition) is 1. The second-order valence-electron chi connectivity index (χ2n) is 4.67.